The predicted molar refractivity (Wildman–Crippen MR) is 113 cm³/mol. The zero-order valence-corrected chi connectivity index (χ0v) is 17.8. The second-order valence-electron chi connectivity index (χ2n) is 6.97. The molecule has 7 nitrogen and oxygen atoms in total. The molecule has 1 aromatic carbocycles. The lowest BCUT2D eigenvalue weighted by Crippen LogP contribution is -2.24. The summed E-state index contributed by atoms with van der Waals surface area (Å²) in [4.78, 5) is 23.6. The van der Waals surface area contributed by atoms with Crippen molar-refractivity contribution in [2.75, 3.05) is 11.9 Å². The van der Waals surface area contributed by atoms with Crippen LogP contribution < -0.4 is 10.6 Å². The Labute approximate surface area is 186 Å². The van der Waals surface area contributed by atoms with Gasteiger partial charge in [0, 0.05) is 22.8 Å². The van der Waals surface area contributed by atoms with Crippen molar-refractivity contribution in [2.24, 2.45) is 0 Å². The van der Waals surface area contributed by atoms with Gasteiger partial charge in [-0.2, -0.15) is 18.4 Å². The summed E-state index contributed by atoms with van der Waals surface area (Å²) in [5.74, 6) is -0.664. The van der Waals surface area contributed by atoms with E-state index >= 15 is 0 Å². The molecule has 0 bridgehead atoms. The summed E-state index contributed by atoms with van der Waals surface area (Å²) in [6, 6.07) is 8.99. The van der Waals surface area contributed by atoms with E-state index in [-0.39, 0.29) is 35.4 Å². The first-order valence-electron chi connectivity index (χ1n) is 9.39. The van der Waals surface area contributed by atoms with E-state index in [2.05, 4.69) is 25.6 Å². The SMILES string of the molecule is Cc1[nH]c(C(=O)NCc2cccc(Cl)c2)c(C)c1-c1nc(NCC(F)(F)F)ncc1C#N. The Bertz CT molecular complexity index is 1200. The van der Waals surface area contributed by atoms with Gasteiger partial charge in [0.25, 0.3) is 5.91 Å². The molecule has 32 heavy (non-hydrogen) atoms. The van der Waals surface area contributed by atoms with Gasteiger partial charge in [-0.05, 0) is 37.1 Å². The number of carbonyl (C=O) groups excluding carboxylic acids is 1. The minimum Gasteiger partial charge on any atom is -0.354 e. The highest BCUT2D eigenvalue weighted by atomic mass is 35.5. The standard InChI is InChI=1S/C21H18ClF3N6O/c1-11-16(18-14(7-26)9-28-20(31-18)29-10-21(23,24)25)12(2)30-17(11)19(32)27-8-13-4-3-5-15(22)6-13/h3-6,9,30H,8,10H2,1-2H3,(H,27,32)(H,28,29,31). The van der Waals surface area contributed by atoms with Crippen molar-refractivity contribution < 1.29 is 18.0 Å². The molecular weight excluding hydrogens is 445 g/mol. The van der Waals surface area contributed by atoms with Crippen molar-refractivity contribution in [3.63, 3.8) is 0 Å². The topological polar surface area (TPSA) is 106 Å². The number of nitrogens with one attached hydrogen (secondary N) is 3. The Balaban J connectivity index is 1.89. The maximum Gasteiger partial charge on any atom is 0.405 e. The van der Waals surface area contributed by atoms with Gasteiger partial charge >= 0.3 is 6.18 Å². The van der Waals surface area contributed by atoms with E-state index in [9.17, 15) is 23.2 Å². The molecule has 3 N–H and O–H groups in total. The molecule has 1 amide bonds. The first-order chi connectivity index (χ1) is 15.1. The van der Waals surface area contributed by atoms with Gasteiger partial charge in [-0.1, -0.05) is 23.7 Å². The molecule has 166 valence electrons. The van der Waals surface area contributed by atoms with Crippen LogP contribution in [0.3, 0.4) is 0 Å². The molecule has 3 aromatic rings. The monoisotopic (exact) mass is 462 g/mol. The molecule has 0 unspecified atom stereocenters. The van der Waals surface area contributed by atoms with Gasteiger partial charge in [-0.3, -0.25) is 4.79 Å². The van der Waals surface area contributed by atoms with Crippen LogP contribution in [0.2, 0.25) is 5.02 Å². The van der Waals surface area contributed by atoms with Crippen molar-refractivity contribution in [2.45, 2.75) is 26.6 Å². The molecule has 0 saturated carbocycles. The minimum atomic E-state index is -4.45. The van der Waals surface area contributed by atoms with Gasteiger partial charge in [-0.25, -0.2) is 9.97 Å². The van der Waals surface area contributed by atoms with Crippen molar-refractivity contribution in [3.05, 3.63) is 63.6 Å². The summed E-state index contributed by atoms with van der Waals surface area (Å²) in [5.41, 5.74) is 2.76. The molecule has 2 aromatic heterocycles. The Morgan fingerprint density at radius 3 is 2.72 bits per heavy atom. The first kappa shape index (κ1) is 23.1. The van der Waals surface area contributed by atoms with Crippen LogP contribution >= 0.6 is 11.6 Å². The zero-order chi connectivity index (χ0) is 23.5. The van der Waals surface area contributed by atoms with Gasteiger partial charge in [0.1, 0.15) is 18.3 Å². The average molecular weight is 463 g/mol. The van der Waals surface area contributed by atoms with Crippen LogP contribution in [-0.4, -0.2) is 33.6 Å². The van der Waals surface area contributed by atoms with Gasteiger partial charge in [0.2, 0.25) is 5.95 Å². The number of anilines is 1. The molecular formula is C21H18ClF3N6O. The Hall–Kier alpha value is -3.58. The van der Waals surface area contributed by atoms with Crippen LogP contribution in [0.25, 0.3) is 11.3 Å². The summed E-state index contributed by atoms with van der Waals surface area (Å²) in [7, 11) is 0. The molecule has 0 atom stereocenters. The number of nitrogens with zero attached hydrogens (tertiary/aromatic N) is 3. The summed E-state index contributed by atoms with van der Waals surface area (Å²) < 4.78 is 37.6. The number of aromatic nitrogens is 3. The fourth-order valence-corrected chi connectivity index (χ4v) is 3.38. The molecule has 2 heterocycles. The van der Waals surface area contributed by atoms with E-state index in [0.717, 1.165) is 11.8 Å². The third kappa shape index (κ3) is 5.36. The van der Waals surface area contributed by atoms with Crippen LogP contribution in [0.15, 0.2) is 30.5 Å². The maximum atomic E-state index is 12.7. The van der Waals surface area contributed by atoms with E-state index in [1.807, 2.05) is 12.1 Å². The van der Waals surface area contributed by atoms with Crippen LogP contribution in [0.4, 0.5) is 19.1 Å². The number of benzene rings is 1. The molecule has 0 fully saturated rings. The molecule has 3 rings (SSSR count). The van der Waals surface area contributed by atoms with Crippen LogP contribution in [0, 0.1) is 25.2 Å². The lowest BCUT2D eigenvalue weighted by Gasteiger charge is -2.10. The number of carbonyl (C=O) groups is 1. The number of hydrogen-bond acceptors (Lipinski definition) is 5. The summed E-state index contributed by atoms with van der Waals surface area (Å²) in [5, 5.41) is 14.9. The Morgan fingerprint density at radius 2 is 2.06 bits per heavy atom. The van der Waals surface area contributed by atoms with E-state index < -0.39 is 12.7 Å². The predicted octanol–water partition coefficient (Wildman–Crippen LogP) is 4.52. The lowest BCUT2D eigenvalue weighted by molar-refractivity contribution is -0.115. The normalized spacial score (nSPS) is 11.2. The molecule has 0 spiro atoms. The van der Waals surface area contributed by atoms with E-state index in [1.54, 1.807) is 32.0 Å². The summed E-state index contributed by atoms with van der Waals surface area (Å²) in [6.45, 7) is 2.27. The number of alkyl halides is 3. The van der Waals surface area contributed by atoms with Crippen molar-refractivity contribution >= 4 is 23.5 Å². The zero-order valence-electron chi connectivity index (χ0n) is 17.1. The van der Waals surface area contributed by atoms with Crippen molar-refractivity contribution in [1.29, 1.82) is 5.26 Å². The van der Waals surface area contributed by atoms with Gasteiger partial charge in [-0.15, -0.1) is 0 Å². The third-order valence-corrected chi connectivity index (χ3v) is 4.83. The molecule has 11 heteroatoms. The molecule has 0 aliphatic rings. The number of nitriles is 1. The fraction of sp³-hybridized carbons (Fsp3) is 0.238. The van der Waals surface area contributed by atoms with Crippen molar-refractivity contribution in [3.8, 4) is 17.3 Å². The lowest BCUT2D eigenvalue weighted by atomic mass is 10.0. The Kier molecular flexibility index (Phi) is 6.69. The number of aromatic amines is 1. The van der Waals surface area contributed by atoms with E-state index in [1.165, 1.54) is 0 Å². The largest absolute Gasteiger partial charge is 0.405 e. The average Bonchev–Trinajstić information content (AvgIpc) is 3.03. The minimum absolute atomic E-state index is 0.0682. The second-order valence-corrected chi connectivity index (χ2v) is 7.41. The van der Waals surface area contributed by atoms with E-state index in [4.69, 9.17) is 11.6 Å². The fourth-order valence-electron chi connectivity index (χ4n) is 3.17. The number of rotatable bonds is 6. The second kappa shape index (κ2) is 9.28. The first-order valence-corrected chi connectivity index (χ1v) is 9.76. The van der Waals surface area contributed by atoms with Gasteiger partial charge < -0.3 is 15.6 Å². The number of halogens is 4. The number of H-pyrrole nitrogens is 1. The van der Waals surface area contributed by atoms with Crippen LogP contribution in [0.5, 0.6) is 0 Å². The highest BCUT2D eigenvalue weighted by Gasteiger charge is 2.28. The third-order valence-electron chi connectivity index (χ3n) is 4.60. The quantitative estimate of drug-likeness (QED) is 0.499. The van der Waals surface area contributed by atoms with Crippen LogP contribution in [0.1, 0.15) is 32.9 Å². The molecule has 0 saturated heterocycles. The van der Waals surface area contributed by atoms with E-state index in [0.29, 0.717) is 21.8 Å². The maximum absolute atomic E-state index is 12.7. The molecule has 0 aliphatic heterocycles. The van der Waals surface area contributed by atoms with Crippen LogP contribution in [-0.2, 0) is 6.54 Å². The number of hydrogen-bond donors (Lipinski definition) is 3. The smallest absolute Gasteiger partial charge is 0.354 e. The summed E-state index contributed by atoms with van der Waals surface area (Å²) in [6.07, 6.45) is -3.31. The Morgan fingerprint density at radius 1 is 1.31 bits per heavy atom. The van der Waals surface area contributed by atoms with Gasteiger partial charge in [0.05, 0.1) is 17.5 Å². The molecule has 0 radical (unpaired) electrons. The highest BCUT2D eigenvalue weighted by molar-refractivity contribution is 6.30. The number of aryl methyl sites for hydroxylation is 1. The summed E-state index contributed by atoms with van der Waals surface area (Å²) >= 11 is 5.96. The van der Waals surface area contributed by atoms with Gasteiger partial charge in [0.15, 0.2) is 0 Å². The molecule has 0 aliphatic carbocycles. The highest BCUT2D eigenvalue weighted by Crippen LogP contribution is 2.31. The van der Waals surface area contributed by atoms with Crippen molar-refractivity contribution in [1.82, 2.24) is 20.3 Å². The number of amides is 1.